The largest absolute Gasteiger partial charge is 0.455 e. The maximum atomic E-state index is 5.94. The Hall–Kier alpha value is -2.16. The van der Waals surface area contributed by atoms with Crippen molar-refractivity contribution in [3.05, 3.63) is 48.0 Å². The van der Waals surface area contributed by atoms with Crippen molar-refractivity contribution in [3.8, 4) is 11.5 Å². The van der Waals surface area contributed by atoms with Crippen LogP contribution in [0.3, 0.4) is 0 Å². The van der Waals surface area contributed by atoms with E-state index in [4.69, 9.17) is 16.2 Å². The van der Waals surface area contributed by atoms with Gasteiger partial charge in [-0.25, -0.2) is 0 Å². The third-order valence-corrected chi connectivity index (χ3v) is 5.00. The van der Waals surface area contributed by atoms with Crippen LogP contribution in [0.15, 0.2) is 42.5 Å². The van der Waals surface area contributed by atoms with E-state index in [-0.39, 0.29) is 0 Å². The number of nitrogens with two attached hydrogens (primary N) is 2. The van der Waals surface area contributed by atoms with Crippen molar-refractivity contribution in [2.24, 2.45) is 0 Å². The van der Waals surface area contributed by atoms with Gasteiger partial charge in [-0.15, -0.1) is 0 Å². The number of rotatable bonds is 13. The van der Waals surface area contributed by atoms with Crippen molar-refractivity contribution in [1.29, 1.82) is 0 Å². The number of ether oxygens (including phenoxy) is 1. The quantitative estimate of drug-likeness (QED) is 0.292. The van der Waals surface area contributed by atoms with Crippen LogP contribution in [0.4, 0.5) is 11.4 Å². The van der Waals surface area contributed by atoms with Crippen LogP contribution in [0.5, 0.6) is 11.5 Å². The molecule has 0 bridgehead atoms. The third-order valence-electron chi connectivity index (χ3n) is 5.00. The minimum absolute atomic E-state index is 0.560. The van der Waals surface area contributed by atoms with Gasteiger partial charge in [0.05, 0.1) is 5.69 Å². The van der Waals surface area contributed by atoms with Gasteiger partial charge in [-0.1, -0.05) is 76.8 Å². The summed E-state index contributed by atoms with van der Waals surface area (Å²) in [6.45, 7) is 2.27. The normalized spacial score (nSPS) is 10.9. The molecule has 0 aromatic heterocycles. The topological polar surface area (TPSA) is 61.3 Å². The minimum Gasteiger partial charge on any atom is -0.455 e. The van der Waals surface area contributed by atoms with Gasteiger partial charge < -0.3 is 16.2 Å². The van der Waals surface area contributed by atoms with Crippen LogP contribution in [0.25, 0.3) is 0 Å². The van der Waals surface area contributed by atoms with Gasteiger partial charge in [0.1, 0.15) is 11.5 Å². The Kier molecular flexibility index (Phi) is 9.61. The zero-order chi connectivity index (χ0) is 19.3. The van der Waals surface area contributed by atoms with E-state index >= 15 is 0 Å². The van der Waals surface area contributed by atoms with Gasteiger partial charge in [0.2, 0.25) is 0 Å². The van der Waals surface area contributed by atoms with Crippen LogP contribution in [-0.2, 0) is 6.42 Å². The molecule has 148 valence electrons. The van der Waals surface area contributed by atoms with E-state index in [0.29, 0.717) is 17.1 Å². The standard InChI is InChI=1S/C24H36N2O/c1-2-3-4-5-6-7-8-9-10-11-12-20-13-16-22(17-14-20)27-24-18-15-21(25)19-23(24)26/h13-19H,2-12,25-26H2,1H3. The van der Waals surface area contributed by atoms with Crippen LogP contribution in [0, 0.1) is 0 Å². The molecule has 0 aliphatic heterocycles. The van der Waals surface area contributed by atoms with E-state index in [2.05, 4.69) is 19.1 Å². The average Bonchev–Trinajstić information content (AvgIpc) is 2.67. The summed E-state index contributed by atoms with van der Waals surface area (Å²) < 4.78 is 5.84. The van der Waals surface area contributed by atoms with Crippen molar-refractivity contribution >= 4 is 11.4 Å². The maximum absolute atomic E-state index is 5.94. The molecule has 3 heteroatoms. The van der Waals surface area contributed by atoms with E-state index in [1.165, 1.54) is 69.8 Å². The lowest BCUT2D eigenvalue weighted by atomic mass is 10.0. The summed E-state index contributed by atoms with van der Waals surface area (Å²) in [6, 6.07) is 13.7. The molecule has 0 radical (unpaired) electrons. The predicted octanol–water partition coefficient (Wildman–Crippen LogP) is 7.11. The summed E-state index contributed by atoms with van der Waals surface area (Å²) in [5, 5.41) is 0. The molecule has 0 fully saturated rings. The summed E-state index contributed by atoms with van der Waals surface area (Å²) in [7, 11) is 0. The lowest BCUT2D eigenvalue weighted by Crippen LogP contribution is -1.94. The van der Waals surface area contributed by atoms with Gasteiger partial charge in [0.25, 0.3) is 0 Å². The second kappa shape index (κ2) is 12.3. The van der Waals surface area contributed by atoms with Gasteiger partial charge in [0, 0.05) is 5.69 Å². The fraction of sp³-hybridized carbons (Fsp3) is 0.500. The van der Waals surface area contributed by atoms with Crippen molar-refractivity contribution in [3.63, 3.8) is 0 Å². The van der Waals surface area contributed by atoms with Crippen LogP contribution in [0.1, 0.15) is 76.7 Å². The predicted molar refractivity (Wildman–Crippen MR) is 117 cm³/mol. The highest BCUT2D eigenvalue weighted by molar-refractivity contribution is 5.61. The maximum Gasteiger partial charge on any atom is 0.150 e. The van der Waals surface area contributed by atoms with Crippen LogP contribution < -0.4 is 16.2 Å². The molecule has 2 aromatic rings. The van der Waals surface area contributed by atoms with Crippen LogP contribution in [-0.4, -0.2) is 0 Å². The molecule has 0 spiro atoms. The highest BCUT2D eigenvalue weighted by Crippen LogP contribution is 2.29. The highest BCUT2D eigenvalue weighted by Gasteiger charge is 2.03. The summed E-state index contributed by atoms with van der Waals surface area (Å²) in [5.41, 5.74) is 14.2. The first kappa shape index (κ1) is 21.1. The number of nitrogen functional groups attached to an aromatic ring is 2. The first-order valence-corrected chi connectivity index (χ1v) is 10.6. The molecule has 3 nitrogen and oxygen atoms in total. The van der Waals surface area contributed by atoms with E-state index < -0.39 is 0 Å². The Labute approximate surface area is 165 Å². The lowest BCUT2D eigenvalue weighted by molar-refractivity contribution is 0.485. The van der Waals surface area contributed by atoms with Gasteiger partial charge in [0.15, 0.2) is 0 Å². The minimum atomic E-state index is 0.560. The molecule has 4 N–H and O–H groups in total. The first-order chi connectivity index (χ1) is 13.2. The first-order valence-electron chi connectivity index (χ1n) is 10.6. The van der Waals surface area contributed by atoms with Gasteiger partial charge in [-0.05, 0) is 48.7 Å². The molecule has 0 heterocycles. The Balaban J connectivity index is 1.60. The Bertz CT molecular complexity index is 652. The number of unbranched alkanes of at least 4 members (excludes halogenated alkanes) is 9. The van der Waals surface area contributed by atoms with Gasteiger partial charge in [-0.2, -0.15) is 0 Å². The molecule has 0 amide bonds. The molecule has 27 heavy (non-hydrogen) atoms. The summed E-state index contributed by atoms with van der Waals surface area (Å²) in [5.74, 6) is 1.45. The third kappa shape index (κ3) is 8.38. The van der Waals surface area contributed by atoms with E-state index in [0.717, 1.165) is 12.2 Å². The molecule has 0 unspecified atom stereocenters. The molecule has 2 aromatic carbocycles. The smallest absolute Gasteiger partial charge is 0.150 e. The zero-order valence-corrected chi connectivity index (χ0v) is 16.9. The highest BCUT2D eigenvalue weighted by atomic mass is 16.5. The SMILES string of the molecule is CCCCCCCCCCCCc1ccc(Oc2ccc(N)cc2N)cc1. The molecule has 2 rings (SSSR count). The monoisotopic (exact) mass is 368 g/mol. The van der Waals surface area contributed by atoms with Crippen LogP contribution in [0.2, 0.25) is 0 Å². The second-order valence-electron chi connectivity index (χ2n) is 7.48. The molecule has 0 aliphatic rings. The molecular formula is C24H36N2O. The van der Waals surface area contributed by atoms with E-state index in [1.54, 1.807) is 12.1 Å². The summed E-state index contributed by atoms with van der Waals surface area (Å²) in [6.07, 6.45) is 14.9. The fourth-order valence-electron chi connectivity index (χ4n) is 3.33. The number of anilines is 2. The van der Waals surface area contributed by atoms with E-state index in [1.807, 2.05) is 18.2 Å². The fourth-order valence-corrected chi connectivity index (χ4v) is 3.33. The Morgan fingerprint density at radius 2 is 1.30 bits per heavy atom. The average molecular weight is 369 g/mol. The molecule has 0 aliphatic carbocycles. The van der Waals surface area contributed by atoms with Crippen LogP contribution >= 0.6 is 0 Å². The van der Waals surface area contributed by atoms with Crippen molar-refractivity contribution in [2.75, 3.05) is 11.5 Å². The molecule has 0 saturated heterocycles. The number of hydrogen-bond acceptors (Lipinski definition) is 3. The zero-order valence-electron chi connectivity index (χ0n) is 16.9. The van der Waals surface area contributed by atoms with Crippen molar-refractivity contribution < 1.29 is 4.74 Å². The number of aryl methyl sites for hydroxylation is 1. The number of hydrogen-bond donors (Lipinski definition) is 2. The van der Waals surface area contributed by atoms with Crippen molar-refractivity contribution in [2.45, 2.75) is 77.6 Å². The second-order valence-corrected chi connectivity index (χ2v) is 7.48. The van der Waals surface area contributed by atoms with Gasteiger partial charge >= 0.3 is 0 Å². The molecular weight excluding hydrogens is 332 g/mol. The van der Waals surface area contributed by atoms with Gasteiger partial charge in [-0.3, -0.25) is 0 Å². The molecule has 0 atom stereocenters. The van der Waals surface area contributed by atoms with Crippen molar-refractivity contribution in [1.82, 2.24) is 0 Å². The Morgan fingerprint density at radius 1 is 0.704 bits per heavy atom. The van der Waals surface area contributed by atoms with E-state index in [9.17, 15) is 0 Å². The molecule has 0 saturated carbocycles. The summed E-state index contributed by atoms with van der Waals surface area (Å²) >= 11 is 0. The number of benzene rings is 2. The lowest BCUT2D eigenvalue weighted by Gasteiger charge is -2.10. The summed E-state index contributed by atoms with van der Waals surface area (Å²) in [4.78, 5) is 0. The Morgan fingerprint density at radius 3 is 1.89 bits per heavy atom.